The molecular weight excluding hydrogens is 299 g/mol. The predicted molar refractivity (Wildman–Crippen MR) is 80.1 cm³/mol. The van der Waals surface area contributed by atoms with Crippen LogP contribution in [0.25, 0.3) is 0 Å². The van der Waals surface area contributed by atoms with Gasteiger partial charge in [-0.25, -0.2) is 0 Å². The number of hydrogen-bond acceptors (Lipinski definition) is 3. The predicted octanol–water partition coefficient (Wildman–Crippen LogP) is 4.09. The maximum Gasteiger partial charge on any atom is 0.137 e. The third-order valence-electron chi connectivity index (χ3n) is 3.00. The molecule has 0 aliphatic rings. The summed E-state index contributed by atoms with van der Waals surface area (Å²) in [5, 5.41) is 11.4. The highest BCUT2D eigenvalue weighted by molar-refractivity contribution is 6.32. The summed E-state index contributed by atoms with van der Waals surface area (Å²) in [6.07, 6.45) is -0.926. The van der Waals surface area contributed by atoms with E-state index in [1.165, 1.54) is 14.2 Å². The quantitative estimate of drug-likeness (QED) is 0.924. The van der Waals surface area contributed by atoms with Crippen LogP contribution in [0.5, 0.6) is 11.5 Å². The fourth-order valence-electron chi connectivity index (χ4n) is 1.97. The summed E-state index contributed by atoms with van der Waals surface area (Å²) >= 11 is 12.1. The average molecular weight is 313 g/mol. The van der Waals surface area contributed by atoms with Gasteiger partial charge in [0.15, 0.2) is 0 Å². The molecule has 1 N–H and O–H groups in total. The smallest absolute Gasteiger partial charge is 0.137 e. The van der Waals surface area contributed by atoms with E-state index in [-0.39, 0.29) is 0 Å². The Kier molecular flexibility index (Phi) is 4.76. The fraction of sp³-hybridized carbons (Fsp3) is 0.200. The molecule has 0 aromatic heterocycles. The van der Waals surface area contributed by atoms with Crippen molar-refractivity contribution in [3.63, 3.8) is 0 Å². The minimum absolute atomic E-state index is 0.436. The van der Waals surface area contributed by atoms with Crippen LogP contribution in [0.15, 0.2) is 36.4 Å². The average Bonchev–Trinajstić information content (AvgIpc) is 2.46. The third kappa shape index (κ3) is 2.85. The van der Waals surface area contributed by atoms with Gasteiger partial charge in [0.1, 0.15) is 17.6 Å². The Balaban J connectivity index is 2.48. The zero-order valence-electron chi connectivity index (χ0n) is 11.1. The first-order chi connectivity index (χ1) is 9.58. The number of aliphatic hydroxyl groups is 1. The van der Waals surface area contributed by atoms with Crippen LogP contribution in [0.3, 0.4) is 0 Å². The van der Waals surface area contributed by atoms with Crippen LogP contribution < -0.4 is 9.47 Å². The summed E-state index contributed by atoms with van der Waals surface area (Å²) in [6, 6.07) is 10.3. The Labute approximate surface area is 127 Å². The van der Waals surface area contributed by atoms with Crippen LogP contribution in [0.2, 0.25) is 10.0 Å². The second kappa shape index (κ2) is 6.35. The van der Waals surface area contributed by atoms with E-state index in [1.54, 1.807) is 36.4 Å². The van der Waals surface area contributed by atoms with E-state index < -0.39 is 6.10 Å². The van der Waals surface area contributed by atoms with Gasteiger partial charge in [-0.05, 0) is 29.8 Å². The zero-order chi connectivity index (χ0) is 14.7. The van der Waals surface area contributed by atoms with E-state index in [0.717, 1.165) is 0 Å². The van der Waals surface area contributed by atoms with E-state index in [2.05, 4.69) is 0 Å². The van der Waals surface area contributed by atoms with Crippen LogP contribution in [0, 0.1) is 0 Å². The lowest BCUT2D eigenvalue weighted by atomic mass is 10.0. The lowest BCUT2D eigenvalue weighted by molar-refractivity contribution is 0.214. The minimum Gasteiger partial charge on any atom is -0.496 e. The first kappa shape index (κ1) is 15.0. The summed E-state index contributed by atoms with van der Waals surface area (Å²) in [4.78, 5) is 0. The van der Waals surface area contributed by atoms with Crippen LogP contribution in [0.1, 0.15) is 17.2 Å². The summed E-state index contributed by atoms with van der Waals surface area (Å²) in [7, 11) is 3.05. The van der Waals surface area contributed by atoms with Crippen molar-refractivity contribution in [1.29, 1.82) is 0 Å². The van der Waals surface area contributed by atoms with E-state index in [9.17, 15) is 5.11 Å². The van der Waals surface area contributed by atoms with Crippen molar-refractivity contribution in [3.8, 4) is 11.5 Å². The van der Waals surface area contributed by atoms with Gasteiger partial charge in [-0.1, -0.05) is 35.3 Å². The minimum atomic E-state index is -0.926. The first-order valence-corrected chi connectivity index (χ1v) is 6.68. The molecule has 0 spiro atoms. The highest BCUT2D eigenvalue weighted by atomic mass is 35.5. The topological polar surface area (TPSA) is 38.7 Å². The Bertz CT molecular complexity index is 614. The van der Waals surface area contributed by atoms with Crippen LogP contribution in [-0.2, 0) is 0 Å². The number of halogens is 2. The summed E-state index contributed by atoms with van der Waals surface area (Å²) in [5.41, 5.74) is 1.14. The van der Waals surface area contributed by atoms with Gasteiger partial charge in [0.2, 0.25) is 0 Å². The lowest BCUT2D eigenvalue weighted by Crippen LogP contribution is -2.04. The molecule has 0 aliphatic carbocycles. The van der Waals surface area contributed by atoms with Crippen LogP contribution in [0.4, 0.5) is 0 Å². The van der Waals surface area contributed by atoms with E-state index in [0.29, 0.717) is 32.7 Å². The normalized spacial score (nSPS) is 12.1. The van der Waals surface area contributed by atoms with Gasteiger partial charge >= 0.3 is 0 Å². The summed E-state index contributed by atoms with van der Waals surface area (Å²) < 4.78 is 10.4. The number of methoxy groups -OCH3 is 2. The van der Waals surface area contributed by atoms with Gasteiger partial charge < -0.3 is 14.6 Å². The molecule has 0 saturated carbocycles. The van der Waals surface area contributed by atoms with Crippen molar-refractivity contribution < 1.29 is 14.6 Å². The number of ether oxygens (including phenoxy) is 2. The molecule has 1 unspecified atom stereocenters. The maximum absolute atomic E-state index is 10.5. The standard InChI is InChI=1S/C15H14Cl2O3/c1-19-12-5-3-4-11(17)14(12)15(18)9-6-7-10(16)13(8-9)20-2/h3-8,15,18H,1-2H3. The molecule has 106 valence electrons. The second-order valence-corrected chi connectivity index (χ2v) is 4.97. The Hall–Kier alpha value is -1.42. The van der Waals surface area contributed by atoms with E-state index in [1.807, 2.05) is 0 Å². The van der Waals surface area contributed by atoms with Gasteiger partial charge in [0.25, 0.3) is 0 Å². The van der Waals surface area contributed by atoms with Gasteiger partial charge in [-0.3, -0.25) is 0 Å². The highest BCUT2D eigenvalue weighted by Gasteiger charge is 2.19. The van der Waals surface area contributed by atoms with Gasteiger partial charge in [-0.2, -0.15) is 0 Å². The number of hydrogen-bond donors (Lipinski definition) is 1. The van der Waals surface area contributed by atoms with Crippen molar-refractivity contribution in [2.75, 3.05) is 14.2 Å². The number of rotatable bonds is 4. The van der Waals surface area contributed by atoms with Crippen molar-refractivity contribution in [2.45, 2.75) is 6.10 Å². The maximum atomic E-state index is 10.5. The Morgan fingerprint density at radius 2 is 1.65 bits per heavy atom. The zero-order valence-corrected chi connectivity index (χ0v) is 12.6. The molecule has 20 heavy (non-hydrogen) atoms. The van der Waals surface area contributed by atoms with Gasteiger partial charge in [0.05, 0.1) is 24.3 Å². The third-order valence-corrected chi connectivity index (χ3v) is 3.64. The molecule has 0 amide bonds. The highest BCUT2D eigenvalue weighted by Crippen LogP contribution is 2.37. The molecule has 5 heteroatoms. The molecule has 3 nitrogen and oxygen atoms in total. The molecule has 2 rings (SSSR count). The molecule has 2 aromatic carbocycles. The summed E-state index contributed by atoms with van der Waals surface area (Å²) in [5.74, 6) is 1.02. The monoisotopic (exact) mass is 312 g/mol. The van der Waals surface area contributed by atoms with Crippen LogP contribution in [-0.4, -0.2) is 19.3 Å². The van der Waals surface area contributed by atoms with Crippen LogP contribution >= 0.6 is 23.2 Å². The van der Waals surface area contributed by atoms with E-state index in [4.69, 9.17) is 32.7 Å². The number of aliphatic hydroxyl groups excluding tert-OH is 1. The molecule has 2 aromatic rings. The lowest BCUT2D eigenvalue weighted by Gasteiger charge is -2.17. The van der Waals surface area contributed by atoms with Crippen molar-refractivity contribution in [3.05, 3.63) is 57.6 Å². The first-order valence-electron chi connectivity index (χ1n) is 5.92. The van der Waals surface area contributed by atoms with Crippen molar-refractivity contribution >= 4 is 23.2 Å². The fourth-order valence-corrected chi connectivity index (χ4v) is 2.44. The van der Waals surface area contributed by atoms with Gasteiger partial charge in [0, 0.05) is 5.56 Å². The molecule has 0 bridgehead atoms. The molecule has 1 atom stereocenters. The molecule has 0 heterocycles. The molecule has 0 fully saturated rings. The largest absolute Gasteiger partial charge is 0.496 e. The molecule has 0 saturated heterocycles. The SMILES string of the molecule is COc1cc(C(O)c2c(Cl)cccc2OC)ccc1Cl. The molecule has 0 aliphatic heterocycles. The molecule has 0 radical (unpaired) electrons. The summed E-state index contributed by atoms with van der Waals surface area (Å²) in [6.45, 7) is 0. The Morgan fingerprint density at radius 3 is 2.30 bits per heavy atom. The number of benzene rings is 2. The van der Waals surface area contributed by atoms with E-state index >= 15 is 0 Å². The second-order valence-electron chi connectivity index (χ2n) is 4.15. The Morgan fingerprint density at radius 1 is 0.950 bits per heavy atom. The molecular formula is C15H14Cl2O3. The van der Waals surface area contributed by atoms with Crippen molar-refractivity contribution in [2.24, 2.45) is 0 Å². The van der Waals surface area contributed by atoms with Crippen molar-refractivity contribution in [1.82, 2.24) is 0 Å². The van der Waals surface area contributed by atoms with Gasteiger partial charge in [-0.15, -0.1) is 0 Å².